The molecule has 116 valence electrons. The zero-order valence-corrected chi connectivity index (χ0v) is 12.6. The smallest absolute Gasteiger partial charge is 0.345 e. The first-order valence-corrected chi connectivity index (χ1v) is 7.26. The van der Waals surface area contributed by atoms with Crippen molar-refractivity contribution in [1.82, 2.24) is 9.97 Å². The van der Waals surface area contributed by atoms with Gasteiger partial charge in [-0.1, -0.05) is 11.6 Å². The fourth-order valence-electron chi connectivity index (χ4n) is 2.87. The molecule has 1 aliphatic heterocycles. The van der Waals surface area contributed by atoms with Crippen LogP contribution >= 0.6 is 11.6 Å². The van der Waals surface area contributed by atoms with Crippen molar-refractivity contribution in [1.29, 1.82) is 5.26 Å². The van der Waals surface area contributed by atoms with Crippen LogP contribution in [0.2, 0.25) is 5.02 Å². The van der Waals surface area contributed by atoms with E-state index in [-0.39, 0.29) is 16.1 Å². The van der Waals surface area contributed by atoms with Crippen molar-refractivity contribution < 1.29 is 8.78 Å². The van der Waals surface area contributed by atoms with Gasteiger partial charge in [0.25, 0.3) is 0 Å². The average Bonchev–Trinajstić information content (AvgIpc) is 3.06. The second-order valence-electron chi connectivity index (χ2n) is 5.40. The molecule has 5 nitrogen and oxygen atoms in total. The summed E-state index contributed by atoms with van der Waals surface area (Å²) in [5.74, 6) is 0. The number of halogens is 3. The number of aryl methyl sites for hydroxylation is 1. The Bertz CT molecular complexity index is 781. The largest absolute Gasteiger partial charge is 0.369 e. The van der Waals surface area contributed by atoms with Crippen molar-refractivity contribution in [2.24, 2.45) is 5.73 Å². The van der Waals surface area contributed by atoms with Crippen molar-refractivity contribution in [2.75, 3.05) is 18.0 Å². The first-order valence-electron chi connectivity index (χ1n) is 6.88. The number of aromatic nitrogens is 2. The Kier molecular flexibility index (Phi) is 3.46. The molecule has 8 heteroatoms. The molecule has 0 atom stereocenters. The first-order chi connectivity index (χ1) is 10.3. The quantitative estimate of drug-likeness (QED) is 0.832. The van der Waals surface area contributed by atoms with Crippen LogP contribution in [0.4, 0.5) is 14.5 Å². The molecule has 2 aromatic rings. The number of anilines is 1. The number of alkyl halides is 2. The maximum atomic E-state index is 13.7. The molecule has 1 aliphatic rings. The van der Waals surface area contributed by atoms with Gasteiger partial charge in [0.2, 0.25) is 0 Å². The zero-order chi connectivity index (χ0) is 16.1. The van der Waals surface area contributed by atoms with Crippen LogP contribution in [0.25, 0.3) is 11.0 Å². The van der Waals surface area contributed by atoms with Gasteiger partial charge in [0, 0.05) is 18.8 Å². The summed E-state index contributed by atoms with van der Waals surface area (Å²) in [6.45, 7) is 3.11. The molecule has 0 unspecified atom stereocenters. The molecule has 0 radical (unpaired) electrons. The van der Waals surface area contributed by atoms with Gasteiger partial charge in [0.15, 0.2) is 0 Å². The van der Waals surface area contributed by atoms with Gasteiger partial charge in [-0.2, -0.15) is 14.0 Å². The molecule has 2 aromatic heterocycles. The van der Waals surface area contributed by atoms with Gasteiger partial charge in [-0.15, -0.1) is 0 Å². The van der Waals surface area contributed by atoms with Crippen LogP contribution in [0, 0.1) is 18.3 Å². The summed E-state index contributed by atoms with van der Waals surface area (Å²) < 4.78 is 27.5. The van der Waals surface area contributed by atoms with Gasteiger partial charge >= 0.3 is 6.05 Å². The van der Waals surface area contributed by atoms with Crippen molar-refractivity contribution in [3.63, 3.8) is 0 Å². The minimum Gasteiger partial charge on any atom is -0.369 e. The highest BCUT2D eigenvalue weighted by Crippen LogP contribution is 2.40. The molecule has 0 amide bonds. The van der Waals surface area contributed by atoms with Crippen LogP contribution in [0.5, 0.6) is 0 Å². The van der Waals surface area contributed by atoms with E-state index in [1.54, 1.807) is 6.92 Å². The monoisotopic (exact) mass is 325 g/mol. The molecule has 0 spiro atoms. The van der Waals surface area contributed by atoms with E-state index in [4.69, 9.17) is 17.3 Å². The second kappa shape index (κ2) is 5.07. The van der Waals surface area contributed by atoms with Crippen LogP contribution in [0.1, 0.15) is 29.8 Å². The highest BCUT2D eigenvalue weighted by atomic mass is 35.5. The lowest BCUT2D eigenvalue weighted by atomic mass is 10.1. The fourth-order valence-corrected chi connectivity index (χ4v) is 3.06. The third-order valence-corrected chi connectivity index (χ3v) is 4.33. The molecule has 22 heavy (non-hydrogen) atoms. The maximum absolute atomic E-state index is 13.7. The molecule has 3 heterocycles. The normalized spacial score (nSPS) is 15.5. The maximum Gasteiger partial charge on any atom is 0.345 e. The summed E-state index contributed by atoms with van der Waals surface area (Å²) in [6.07, 6.45) is 1.88. The Morgan fingerprint density at radius 2 is 2.05 bits per heavy atom. The molecule has 1 fully saturated rings. The average molecular weight is 326 g/mol. The number of aromatic amines is 1. The molecular weight excluding hydrogens is 312 g/mol. The third kappa shape index (κ3) is 2.19. The van der Waals surface area contributed by atoms with Gasteiger partial charge in [0.1, 0.15) is 22.8 Å². The Labute approximate surface area is 130 Å². The van der Waals surface area contributed by atoms with E-state index in [1.807, 2.05) is 11.0 Å². The lowest BCUT2D eigenvalue weighted by Gasteiger charge is -2.22. The van der Waals surface area contributed by atoms with Crippen LogP contribution in [0.3, 0.4) is 0 Å². The summed E-state index contributed by atoms with van der Waals surface area (Å²) in [5, 5.41) is 9.67. The van der Waals surface area contributed by atoms with E-state index >= 15 is 0 Å². The van der Waals surface area contributed by atoms with E-state index in [2.05, 4.69) is 9.97 Å². The third-order valence-electron chi connectivity index (χ3n) is 3.87. The summed E-state index contributed by atoms with van der Waals surface area (Å²) >= 11 is 6.16. The number of fused-ring (bicyclic) bond motifs is 1. The molecular formula is C14H14ClF2N5. The van der Waals surface area contributed by atoms with Gasteiger partial charge in [-0.25, -0.2) is 4.98 Å². The lowest BCUT2D eigenvalue weighted by molar-refractivity contribution is -0.00155. The SMILES string of the molecule is Cc1[nH]c2c(N3CCCC3)c(C#N)c(C(N)(F)F)nc2c1Cl. The van der Waals surface area contributed by atoms with Crippen molar-refractivity contribution in [2.45, 2.75) is 25.8 Å². The minimum absolute atomic E-state index is 0.195. The van der Waals surface area contributed by atoms with Crippen LogP contribution in [0.15, 0.2) is 0 Å². The van der Waals surface area contributed by atoms with Crippen LogP contribution in [-0.4, -0.2) is 23.1 Å². The number of nitrogens with two attached hydrogens (primary N) is 1. The molecule has 1 saturated heterocycles. The summed E-state index contributed by atoms with van der Waals surface area (Å²) in [7, 11) is 0. The highest BCUT2D eigenvalue weighted by Gasteiger charge is 2.36. The van der Waals surface area contributed by atoms with Gasteiger partial charge in [0.05, 0.1) is 16.2 Å². The van der Waals surface area contributed by atoms with E-state index < -0.39 is 11.7 Å². The number of rotatable bonds is 2. The van der Waals surface area contributed by atoms with Crippen molar-refractivity contribution in [3.8, 4) is 6.07 Å². The van der Waals surface area contributed by atoms with Gasteiger partial charge < -0.3 is 9.88 Å². The number of hydrogen-bond donors (Lipinski definition) is 2. The molecule has 3 rings (SSSR count). The summed E-state index contributed by atoms with van der Waals surface area (Å²) in [4.78, 5) is 8.84. The summed E-state index contributed by atoms with van der Waals surface area (Å²) in [6, 6.07) is -1.86. The number of nitrogens with one attached hydrogen (secondary N) is 1. The minimum atomic E-state index is -3.71. The van der Waals surface area contributed by atoms with Gasteiger partial charge in [-0.3, -0.25) is 5.73 Å². The predicted octanol–water partition coefficient (Wildman–Crippen LogP) is 3.00. The number of hydrogen-bond acceptors (Lipinski definition) is 4. The molecule has 0 saturated carbocycles. The number of H-pyrrole nitrogens is 1. The number of nitrogens with zero attached hydrogens (tertiary/aromatic N) is 3. The van der Waals surface area contributed by atoms with Crippen LogP contribution < -0.4 is 10.6 Å². The highest BCUT2D eigenvalue weighted by molar-refractivity contribution is 6.36. The topological polar surface area (TPSA) is 81.7 Å². The number of nitriles is 1. The van der Waals surface area contributed by atoms with E-state index in [1.165, 1.54) is 0 Å². The van der Waals surface area contributed by atoms with Gasteiger partial charge in [-0.05, 0) is 19.8 Å². The molecule has 0 bridgehead atoms. The standard InChI is InChI=1S/C14H14ClF2N5/c1-7-9(15)10-11(20-7)12(22-4-2-3-5-22)8(6-18)13(21-10)14(16,17)19/h20H,2-5,19H2,1H3. The van der Waals surface area contributed by atoms with Crippen LogP contribution in [-0.2, 0) is 6.05 Å². The Morgan fingerprint density at radius 1 is 1.41 bits per heavy atom. The molecule has 0 aromatic carbocycles. The molecule has 0 aliphatic carbocycles. The zero-order valence-electron chi connectivity index (χ0n) is 11.9. The van der Waals surface area contributed by atoms with E-state index in [0.29, 0.717) is 30.0 Å². The first kappa shape index (κ1) is 15.0. The summed E-state index contributed by atoms with van der Waals surface area (Å²) in [5.41, 5.74) is 5.77. The predicted molar refractivity (Wildman–Crippen MR) is 80.1 cm³/mol. The Morgan fingerprint density at radius 3 is 2.59 bits per heavy atom. The van der Waals surface area contributed by atoms with E-state index in [9.17, 15) is 14.0 Å². The van der Waals surface area contributed by atoms with Crippen molar-refractivity contribution >= 4 is 28.3 Å². The fraction of sp³-hybridized carbons (Fsp3) is 0.429. The Balaban J connectivity index is 2.42. The molecule has 3 N–H and O–H groups in total. The second-order valence-corrected chi connectivity index (χ2v) is 5.78. The Hall–Kier alpha value is -1.91. The van der Waals surface area contributed by atoms with Crippen molar-refractivity contribution in [3.05, 3.63) is 22.0 Å². The van der Waals surface area contributed by atoms with E-state index in [0.717, 1.165) is 12.8 Å². The number of pyridine rings is 1. The lowest BCUT2D eigenvalue weighted by Crippen LogP contribution is -2.30.